The maximum absolute atomic E-state index is 10.9. The van der Waals surface area contributed by atoms with Gasteiger partial charge in [0.1, 0.15) is 0 Å². The van der Waals surface area contributed by atoms with Crippen molar-refractivity contribution >= 4 is 28.5 Å². The number of H-pyrrole nitrogens is 1. The molecule has 2 aromatic carbocycles. The van der Waals surface area contributed by atoms with Crippen LogP contribution in [0.2, 0.25) is 0 Å². The Morgan fingerprint density at radius 2 is 2.04 bits per heavy atom. The van der Waals surface area contributed by atoms with Crippen LogP contribution in [0.15, 0.2) is 60.9 Å². The van der Waals surface area contributed by atoms with Crippen LogP contribution < -0.4 is 0 Å². The van der Waals surface area contributed by atoms with Gasteiger partial charge >= 0.3 is 5.97 Å². The molecule has 2 heterocycles. The quantitative estimate of drug-likeness (QED) is 0.566. The monoisotopic (exact) mass is 317 g/mol. The number of aromatic amines is 1. The highest BCUT2D eigenvalue weighted by molar-refractivity contribution is 5.87. The van der Waals surface area contributed by atoms with E-state index in [-0.39, 0.29) is 0 Å². The molecule has 0 bridgehead atoms. The number of imidazole rings is 1. The summed E-state index contributed by atoms with van der Waals surface area (Å²) in [4.78, 5) is 15.2. The summed E-state index contributed by atoms with van der Waals surface area (Å²) in [5, 5.41) is 14.6. The number of aromatic nitrogens is 3. The molecule has 5 heteroatoms. The Hall–Kier alpha value is -3.34. The second-order valence-corrected chi connectivity index (χ2v) is 5.65. The molecule has 2 N–H and O–H groups in total. The Kier molecular flexibility index (Phi) is 3.39. The molecule has 5 nitrogen and oxygen atoms in total. The van der Waals surface area contributed by atoms with Gasteiger partial charge in [-0.05, 0) is 22.4 Å². The molecule has 0 spiro atoms. The van der Waals surface area contributed by atoms with Crippen LogP contribution in [0.5, 0.6) is 0 Å². The number of carboxylic acid groups (broad SMARTS) is 1. The van der Waals surface area contributed by atoms with Crippen molar-refractivity contribution in [3.05, 3.63) is 77.8 Å². The van der Waals surface area contributed by atoms with Gasteiger partial charge in [0.2, 0.25) is 0 Å². The van der Waals surface area contributed by atoms with Gasteiger partial charge in [-0.25, -0.2) is 14.3 Å². The number of benzene rings is 2. The van der Waals surface area contributed by atoms with Gasteiger partial charge < -0.3 is 5.11 Å². The largest absolute Gasteiger partial charge is 0.478 e. The molecule has 0 radical (unpaired) electrons. The lowest BCUT2D eigenvalue weighted by Gasteiger charge is -2.04. The van der Waals surface area contributed by atoms with Crippen LogP contribution in [0, 0.1) is 0 Å². The Labute approximate surface area is 137 Å². The normalized spacial score (nSPS) is 11.7. The molecule has 24 heavy (non-hydrogen) atoms. The summed E-state index contributed by atoms with van der Waals surface area (Å²) in [5.74, 6) is -0.974. The van der Waals surface area contributed by atoms with Crippen molar-refractivity contribution in [2.24, 2.45) is 0 Å². The summed E-state index contributed by atoms with van der Waals surface area (Å²) >= 11 is 0. The maximum Gasteiger partial charge on any atom is 0.328 e. The minimum atomic E-state index is -0.974. The highest BCUT2D eigenvalue weighted by Crippen LogP contribution is 2.22. The van der Waals surface area contributed by atoms with E-state index < -0.39 is 5.97 Å². The topological polar surface area (TPSA) is 70.4 Å². The average Bonchev–Trinajstić information content (AvgIpc) is 3.14. The van der Waals surface area contributed by atoms with Crippen molar-refractivity contribution in [2.45, 2.75) is 6.42 Å². The zero-order chi connectivity index (χ0) is 16.5. The number of nitrogens with one attached hydrogen (secondary N) is 1. The van der Waals surface area contributed by atoms with Gasteiger partial charge in [-0.1, -0.05) is 42.5 Å². The SMILES string of the molecule is O=C(O)C=Cc1c(Cc2ccc3ccccc3c2)[nH]n2ccnc12. The van der Waals surface area contributed by atoms with Crippen LogP contribution in [-0.4, -0.2) is 25.7 Å². The fraction of sp³-hybridized carbons (Fsp3) is 0.0526. The molecule has 2 aromatic heterocycles. The first-order valence-electron chi connectivity index (χ1n) is 7.63. The van der Waals surface area contributed by atoms with Crippen molar-refractivity contribution in [1.82, 2.24) is 14.6 Å². The minimum absolute atomic E-state index is 0.674. The van der Waals surface area contributed by atoms with Crippen molar-refractivity contribution in [2.75, 3.05) is 0 Å². The Bertz CT molecular complexity index is 1070. The highest BCUT2D eigenvalue weighted by atomic mass is 16.4. The van der Waals surface area contributed by atoms with E-state index in [0.29, 0.717) is 6.42 Å². The number of aliphatic carboxylic acids is 1. The third kappa shape index (κ3) is 2.56. The second kappa shape index (κ2) is 5.70. The van der Waals surface area contributed by atoms with Crippen LogP contribution in [0.25, 0.3) is 22.5 Å². The van der Waals surface area contributed by atoms with E-state index in [2.05, 4.69) is 40.4 Å². The molecule has 0 saturated carbocycles. The maximum atomic E-state index is 10.9. The Morgan fingerprint density at radius 1 is 1.21 bits per heavy atom. The van der Waals surface area contributed by atoms with Crippen LogP contribution >= 0.6 is 0 Å². The molecular weight excluding hydrogens is 302 g/mol. The standard InChI is InChI=1S/C19H15N3O2/c23-18(24)8-7-16-17(21-22-10-9-20-19(16)22)12-13-5-6-14-3-1-2-4-15(14)11-13/h1-11,21H,12H2,(H,23,24). The van der Waals surface area contributed by atoms with E-state index in [4.69, 9.17) is 5.11 Å². The van der Waals surface area contributed by atoms with Gasteiger partial charge in [0, 0.05) is 36.1 Å². The van der Waals surface area contributed by atoms with E-state index in [0.717, 1.165) is 28.5 Å². The number of carbonyl (C=O) groups is 1. The predicted octanol–water partition coefficient (Wildman–Crippen LogP) is 3.50. The minimum Gasteiger partial charge on any atom is -0.478 e. The summed E-state index contributed by atoms with van der Waals surface area (Å²) in [6.07, 6.45) is 6.91. The third-order valence-electron chi connectivity index (χ3n) is 4.05. The average molecular weight is 317 g/mol. The number of hydrogen-bond donors (Lipinski definition) is 2. The Balaban J connectivity index is 1.76. The van der Waals surface area contributed by atoms with Crippen LogP contribution in [0.3, 0.4) is 0 Å². The lowest BCUT2D eigenvalue weighted by Crippen LogP contribution is -1.93. The lowest BCUT2D eigenvalue weighted by molar-refractivity contribution is -0.131. The van der Waals surface area contributed by atoms with Gasteiger partial charge in [0.25, 0.3) is 0 Å². The first kappa shape index (κ1) is 14.3. The molecule has 0 aliphatic rings. The summed E-state index contributed by atoms with van der Waals surface area (Å²) < 4.78 is 1.80. The first-order valence-corrected chi connectivity index (χ1v) is 7.63. The summed E-state index contributed by atoms with van der Waals surface area (Å²) in [7, 11) is 0. The molecule has 0 amide bonds. The Morgan fingerprint density at radius 3 is 2.88 bits per heavy atom. The van der Waals surface area contributed by atoms with Crippen LogP contribution in [0.1, 0.15) is 16.8 Å². The lowest BCUT2D eigenvalue weighted by atomic mass is 10.0. The fourth-order valence-corrected chi connectivity index (χ4v) is 2.95. The zero-order valence-corrected chi connectivity index (χ0v) is 12.8. The molecule has 0 fully saturated rings. The van der Waals surface area contributed by atoms with E-state index >= 15 is 0 Å². The first-order chi connectivity index (χ1) is 11.7. The molecular formula is C19H15N3O2. The third-order valence-corrected chi connectivity index (χ3v) is 4.05. The van der Waals surface area contributed by atoms with Crippen LogP contribution in [0.4, 0.5) is 0 Å². The van der Waals surface area contributed by atoms with E-state index in [9.17, 15) is 4.79 Å². The number of carboxylic acids is 1. The van der Waals surface area contributed by atoms with Gasteiger partial charge in [0.05, 0.1) is 0 Å². The molecule has 118 valence electrons. The van der Waals surface area contributed by atoms with Crippen molar-refractivity contribution in [3.8, 4) is 0 Å². The molecule has 0 unspecified atom stereocenters. The number of fused-ring (bicyclic) bond motifs is 2. The molecule has 0 aliphatic carbocycles. The van der Waals surface area contributed by atoms with E-state index in [1.807, 2.05) is 18.3 Å². The van der Waals surface area contributed by atoms with Gasteiger partial charge in [-0.3, -0.25) is 5.10 Å². The number of hydrogen-bond acceptors (Lipinski definition) is 2. The summed E-state index contributed by atoms with van der Waals surface area (Å²) in [6, 6.07) is 14.6. The van der Waals surface area contributed by atoms with E-state index in [1.165, 1.54) is 10.8 Å². The van der Waals surface area contributed by atoms with E-state index in [1.54, 1.807) is 16.8 Å². The van der Waals surface area contributed by atoms with Crippen LogP contribution in [-0.2, 0) is 11.2 Å². The molecule has 0 aliphatic heterocycles. The van der Waals surface area contributed by atoms with Gasteiger partial charge in [-0.2, -0.15) is 0 Å². The van der Waals surface area contributed by atoms with Gasteiger partial charge in [0.15, 0.2) is 5.65 Å². The second-order valence-electron chi connectivity index (χ2n) is 5.65. The van der Waals surface area contributed by atoms with Gasteiger partial charge in [-0.15, -0.1) is 0 Å². The fourth-order valence-electron chi connectivity index (χ4n) is 2.95. The van der Waals surface area contributed by atoms with Crippen molar-refractivity contribution in [1.29, 1.82) is 0 Å². The molecule has 4 aromatic rings. The number of rotatable bonds is 4. The smallest absolute Gasteiger partial charge is 0.328 e. The zero-order valence-electron chi connectivity index (χ0n) is 12.8. The summed E-state index contributed by atoms with van der Waals surface area (Å²) in [6.45, 7) is 0. The molecule has 0 saturated heterocycles. The highest BCUT2D eigenvalue weighted by Gasteiger charge is 2.11. The number of nitrogens with zero attached hydrogens (tertiary/aromatic N) is 2. The molecule has 4 rings (SSSR count). The van der Waals surface area contributed by atoms with Crippen molar-refractivity contribution in [3.63, 3.8) is 0 Å². The van der Waals surface area contributed by atoms with Crippen molar-refractivity contribution < 1.29 is 9.90 Å². The molecule has 0 atom stereocenters. The predicted molar refractivity (Wildman–Crippen MR) is 93.0 cm³/mol. The summed E-state index contributed by atoms with van der Waals surface area (Å²) in [5.41, 5.74) is 3.62.